The summed E-state index contributed by atoms with van der Waals surface area (Å²) in [4.78, 5) is 9.36. The van der Waals surface area contributed by atoms with Crippen LogP contribution in [0.2, 0.25) is 0 Å². The SMILES string of the molecule is CCNc1cc(C2CC2)nc(-c2cscc2C)n1. The minimum atomic E-state index is 0.656. The Morgan fingerprint density at radius 3 is 2.78 bits per heavy atom. The van der Waals surface area contributed by atoms with Crippen molar-refractivity contribution >= 4 is 17.2 Å². The van der Waals surface area contributed by atoms with Crippen molar-refractivity contribution in [1.29, 1.82) is 0 Å². The summed E-state index contributed by atoms with van der Waals surface area (Å²) in [6, 6.07) is 2.10. The largest absolute Gasteiger partial charge is 0.370 e. The molecule has 0 unspecified atom stereocenters. The van der Waals surface area contributed by atoms with Gasteiger partial charge < -0.3 is 5.32 Å². The fourth-order valence-corrected chi connectivity index (χ4v) is 2.86. The van der Waals surface area contributed by atoms with Gasteiger partial charge in [-0.3, -0.25) is 0 Å². The number of aryl methyl sites for hydroxylation is 1. The van der Waals surface area contributed by atoms with E-state index < -0.39 is 0 Å². The quantitative estimate of drug-likeness (QED) is 0.907. The van der Waals surface area contributed by atoms with Crippen LogP contribution in [-0.4, -0.2) is 16.5 Å². The van der Waals surface area contributed by atoms with Gasteiger partial charge in [0.05, 0.1) is 0 Å². The monoisotopic (exact) mass is 259 g/mol. The maximum Gasteiger partial charge on any atom is 0.162 e. The van der Waals surface area contributed by atoms with E-state index in [1.807, 2.05) is 0 Å². The molecule has 3 nitrogen and oxygen atoms in total. The molecule has 0 aromatic carbocycles. The fraction of sp³-hybridized carbons (Fsp3) is 0.429. The predicted molar refractivity (Wildman–Crippen MR) is 76.2 cm³/mol. The lowest BCUT2D eigenvalue weighted by Crippen LogP contribution is -2.03. The minimum Gasteiger partial charge on any atom is -0.370 e. The van der Waals surface area contributed by atoms with Crippen molar-refractivity contribution in [2.45, 2.75) is 32.6 Å². The van der Waals surface area contributed by atoms with Crippen LogP contribution < -0.4 is 5.32 Å². The lowest BCUT2D eigenvalue weighted by Gasteiger charge is -2.08. The Hall–Kier alpha value is -1.42. The van der Waals surface area contributed by atoms with Crippen LogP contribution in [0, 0.1) is 6.92 Å². The lowest BCUT2D eigenvalue weighted by molar-refractivity contribution is 0.988. The van der Waals surface area contributed by atoms with E-state index in [1.54, 1.807) is 11.3 Å². The number of hydrogen-bond donors (Lipinski definition) is 1. The highest BCUT2D eigenvalue weighted by Crippen LogP contribution is 2.40. The molecule has 4 heteroatoms. The van der Waals surface area contributed by atoms with Gasteiger partial charge in [0.2, 0.25) is 0 Å². The number of nitrogens with one attached hydrogen (secondary N) is 1. The van der Waals surface area contributed by atoms with Crippen LogP contribution in [0.4, 0.5) is 5.82 Å². The smallest absolute Gasteiger partial charge is 0.162 e. The zero-order valence-corrected chi connectivity index (χ0v) is 11.5. The molecule has 0 aliphatic heterocycles. The molecule has 2 heterocycles. The topological polar surface area (TPSA) is 37.8 Å². The summed E-state index contributed by atoms with van der Waals surface area (Å²) < 4.78 is 0. The zero-order chi connectivity index (χ0) is 12.5. The molecule has 0 spiro atoms. The number of rotatable bonds is 4. The highest BCUT2D eigenvalue weighted by Gasteiger charge is 2.26. The molecule has 94 valence electrons. The van der Waals surface area contributed by atoms with E-state index in [1.165, 1.54) is 29.7 Å². The van der Waals surface area contributed by atoms with Crippen LogP contribution >= 0.6 is 11.3 Å². The van der Waals surface area contributed by atoms with E-state index in [2.05, 4.69) is 41.0 Å². The molecule has 1 fully saturated rings. The number of hydrogen-bond acceptors (Lipinski definition) is 4. The van der Waals surface area contributed by atoms with Crippen LogP contribution in [-0.2, 0) is 0 Å². The molecule has 0 amide bonds. The van der Waals surface area contributed by atoms with E-state index in [-0.39, 0.29) is 0 Å². The Morgan fingerprint density at radius 2 is 2.17 bits per heavy atom. The second-order valence-electron chi connectivity index (χ2n) is 4.77. The van der Waals surface area contributed by atoms with Gasteiger partial charge in [-0.15, -0.1) is 0 Å². The van der Waals surface area contributed by atoms with Crippen molar-refractivity contribution in [3.63, 3.8) is 0 Å². The maximum absolute atomic E-state index is 4.74. The summed E-state index contributed by atoms with van der Waals surface area (Å²) >= 11 is 1.71. The molecule has 1 N–H and O–H groups in total. The van der Waals surface area contributed by atoms with Gasteiger partial charge >= 0.3 is 0 Å². The van der Waals surface area contributed by atoms with E-state index in [9.17, 15) is 0 Å². The minimum absolute atomic E-state index is 0.656. The van der Waals surface area contributed by atoms with Crippen molar-refractivity contribution in [2.24, 2.45) is 0 Å². The summed E-state index contributed by atoms with van der Waals surface area (Å²) in [5.74, 6) is 2.48. The molecule has 2 aromatic heterocycles. The van der Waals surface area contributed by atoms with Gasteiger partial charge in [-0.1, -0.05) is 0 Å². The van der Waals surface area contributed by atoms with Crippen molar-refractivity contribution in [3.8, 4) is 11.4 Å². The average molecular weight is 259 g/mol. The molecule has 0 saturated heterocycles. The molecule has 18 heavy (non-hydrogen) atoms. The normalized spacial score (nSPS) is 14.8. The second kappa shape index (κ2) is 4.69. The van der Waals surface area contributed by atoms with Crippen molar-refractivity contribution in [3.05, 3.63) is 28.1 Å². The van der Waals surface area contributed by atoms with Gasteiger partial charge in [0, 0.05) is 35.2 Å². The third kappa shape index (κ3) is 2.25. The van der Waals surface area contributed by atoms with Crippen LogP contribution in [0.5, 0.6) is 0 Å². The van der Waals surface area contributed by atoms with Crippen LogP contribution in [0.15, 0.2) is 16.8 Å². The summed E-state index contributed by atoms with van der Waals surface area (Å²) in [5.41, 5.74) is 3.62. The first-order valence-corrected chi connectivity index (χ1v) is 7.38. The maximum atomic E-state index is 4.74. The molecular formula is C14H17N3S. The lowest BCUT2D eigenvalue weighted by atomic mass is 10.2. The summed E-state index contributed by atoms with van der Waals surface area (Å²) in [6.45, 7) is 5.10. The van der Waals surface area contributed by atoms with E-state index in [0.29, 0.717) is 5.92 Å². The molecule has 1 aliphatic rings. The Kier molecular flexibility index (Phi) is 3.04. The van der Waals surface area contributed by atoms with Crippen molar-refractivity contribution in [1.82, 2.24) is 9.97 Å². The molecule has 3 rings (SSSR count). The molecule has 1 aliphatic carbocycles. The Labute approximate surface area is 111 Å². The Balaban J connectivity index is 2.04. The van der Waals surface area contributed by atoms with Gasteiger partial charge in [-0.25, -0.2) is 9.97 Å². The van der Waals surface area contributed by atoms with Gasteiger partial charge in [-0.05, 0) is 37.6 Å². The Morgan fingerprint density at radius 1 is 1.33 bits per heavy atom. The van der Waals surface area contributed by atoms with Gasteiger partial charge in [-0.2, -0.15) is 11.3 Å². The first kappa shape index (κ1) is 11.7. The molecule has 1 saturated carbocycles. The average Bonchev–Trinajstić information content (AvgIpc) is 3.12. The molecule has 0 radical (unpaired) electrons. The van der Waals surface area contributed by atoms with E-state index in [0.717, 1.165) is 18.2 Å². The van der Waals surface area contributed by atoms with E-state index in [4.69, 9.17) is 4.98 Å². The zero-order valence-electron chi connectivity index (χ0n) is 10.7. The number of anilines is 1. The van der Waals surface area contributed by atoms with Gasteiger partial charge in [0.1, 0.15) is 5.82 Å². The highest BCUT2D eigenvalue weighted by atomic mass is 32.1. The van der Waals surface area contributed by atoms with Crippen molar-refractivity contribution < 1.29 is 0 Å². The number of nitrogens with zero attached hydrogens (tertiary/aromatic N) is 2. The van der Waals surface area contributed by atoms with Crippen LogP contribution in [0.3, 0.4) is 0 Å². The van der Waals surface area contributed by atoms with Crippen molar-refractivity contribution in [2.75, 3.05) is 11.9 Å². The Bertz CT molecular complexity index is 558. The summed E-state index contributed by atoms with van der Waals surface area (Å²) in [5, 5.41) is 7.59. The van der Waals surface area contributed by atoms with Gasteiger partial charge in [0.25, 0.3) is 0 Å². The van der Waals surface area contributed by atoms with E-state index >= 15 is 0 Å². The summed E-state index contributed by atoms with van der Waals surface area (Å²) in [6.07, 6.45) is 2.54. The summed E-state index contributed by atoms with van der Waals surface area (Å²) in [7, 11) is 0. The predicted octanol–water partition coefficient (Wildman–Crippen LogP) is 3.82. The third-order valence-corrected chi connectivity index (χ3v) is 4.06. The standard InChI is InChI=1S/C14H17N3S/c1-3-15-13-6-12(10-4-5-10)16-14(17-13)11-8-18-7-9(11)2/h6-8,10H,3-5H2,1-2H3,(H,15,16,17). The fourth-order valence-electron chi connectivity index (χ4n) is 2.04. The highest BCUT2D eigenvalue weighted by molar-refractivity contribution is 7.08. The molecule has 2 aromatic rings. The van der Waals surface area contributed by atoms with Crippen LogP contribution in [0.1, 0.15) is 36.9 Å². The number of thiophene rings is 1. The van der Waals surface area contributed by atoms with Gasteiger partial charge in [0.15, 0.2) is 5.82 Å². The molecule has 0 atom stereocenters. The second-order valence-corrected chi connectivity index (χ2v) is 5.52. The van der Waals surface area contributed by atoms with Crippen LogP contribution in [0.25, 0.3) is 11.4 Å². The third-order valence-electron chi connectivity index (χ3n) is 3.20. The number of aromatic nitrogens is 2. The molecule has 0 bridgehead atoms. The first-order chi connectivity index (χ1) is 8.78. The first-order valence-electron chi connectivity index (χ1n) is 6.44. The molecular weight excluding hydrogens is 242 g/mol.